The van der Waals surface area contributed by atoms with Crippen molar-refractivity contribution < 1.29 is 9.53 Å². The van der Waals surface area contributed by atoms with Gasteiger partial charge in [0.1, 0.15) is 5.75 Å². The minimum atomic E-state index is -0.228. The number of anilines is 1. The molecule has 2 aromatic heterocycles. The lowest BCUT2D eigenvalue weighted by molar-refractivity contribution is 0.102. The van der Waals surface area contributed by atoms with Crippen LogP contribution >= 0.6 is 22.9 Å². The van der Waals surface area contributed by atoms with E-state index in [1.165, 1.54) is 10.4 Å². The Morgan fingerprint density at radius 1 is 1.15 bits per heavy atom. The van der Waals surface area contributed by atoms with E-state index in [2.05, 4.69) is 22.4 Å². The van der Waals surface area contributed by atoms with E-state index in [4.69, 9.17) is 21.3 Å². The fourth-order valence-electron chi connectivity index (χ4n) is 4.44. The lowest BCUT2D eigenvalue weighted by atomic mass is 9.85. The summed E-state index contributed by atoms with van der Waals surface area (Å²) in [5.74, 6) is 0.918. The number of ether oxygens (including phenoxy) is 1. The van der Waals surface area contributed by atoms with Crippen LogP contribution in [0.3, 0.4) is 0 Å². The van der Waals surface area contributed by atoms with Crippen LogP contribution in [-0.2, 0) is 12.8 Å². The number of aromatic nitrogens is 2. The predicted octanol–water partition coefficient (Wildman–Crippen LogP) is 6.70. The van der Waals surface area contributed by atoms with Gasteiger partial charge in [-0.2, -0.15) is 0 Å². The van der Waals surface area contributed by atoms with Crippen LogP contribution in [0, 0.1) is 6.92 Å². The quantitative estimate of drug-likeness (QED) is 0.338. The number of halogens is 1. The first-order valence-corrected chi connectivity index (χ1v) is 12.4. The molecule has 1 aliphatic carbocycles. The van der Waals surface area contributed by atoms with E-state index < -0.39 is 0 Å². The standard InChI is InChI=1S/C27H24ClN3O2S/c1-16-13-21(20-5-3-4-6-24(20)33-2)22(15-29-16)26(32)31-27-30-23-12-9-18(14-25(23)34-27)17-7-10-19(28)11-8-17/h3-8,10-11,13,15,18H,9,12,14H2,1-2H3,(H,30,31,32)/t18-/m0/s1. The van der Waals surface area contributed by atoms with Gasteiger partial charge in [0.15, 0.2) is 5.13 Å². The molecule has 34 heavy (non-hydrogen) atoms. The van der Waals surface area contributed by atoms with Crippen molar-refractivity contribution in [3.8, 4) is 16.9 Å². The number of pyridine rings is 1. The van der Waals surface area contributed by atoms with Crippen LogP contribution in [0.2, 0.25) is 5.02 Å². The Morgan fingerprint density at radius 3 is 2.74 bits per heavy atom. The number of nitrogens with zero attached hydrogens (tertiary/aromatic N) is 2. The summed E-state index contributed by atoms with van der Waals surface area (Å²) in [5.41, 5.74) is 5.33. The molecule has 0 radical (unpaired) electrons. The molecular formula is C27H24ClN3O2S. The van der Waals surface area contributed by atoms with E-state index in [0.717, 1.165) is 46.8 Å². The maximum Gasteiger partial charge on any atom is 0.259 e. The number of carbonyl (C=O) groups is 1. The molecule has 7 heteroatoms. The van der Waals surface area contributed by atoms with Crippen LogP contribution in [0.4, 0.5) is 5.13 Å². The highest BCUT2D eigenvalue weighted by Crippen LogP contribution is 2.38. The number of thiazole rings is 1. The molecule has 5 rings (SSSR count). The van der Waals surface area contributed by atoms with E-state index in [0.29, 0.717) is 22.4 Å². The van der Waals surface area contributed by atoms with Gasteiger partial charge < -0.3 is 4.74 Å². The summed E-state index contributed by atoms with van der Waals surface area (Å²) in [6.45, 7) is 1.91. The first kappa shape index (κ1) is 22.6. The first-order valence-electron chi connectivity index (χ1n) is 11.2. The minimum Gasteiger partial charge on any atom is -0.496 e. The van der Waals surface area contributed by atoms with Gasteiger partial charge in [-0.15, -0.1) is 11.3 Å². The molecule has 0 unspecified atom stereocenters. The molecular weight excluding hydrogens is 466 g/mol. The lowest BCUT2D eigenvalue weighted by Crippen LogP contribution is -2.14. The van der Waals surface area contributed by atoms with E-state index in [-0.39, 0.29) is 5.91 Å². The number of methoxy groups -OCH3 is 1. The number of hydrogen-bond acceptors (Lipinski definition) is 5. The summed E-state index contributed by atoms with van der Waals surface area (Å²) >= 11 is 7.61. The molecule has 0 saturated carbocycles. The van der Waals surface area contributed by atoms with Gasteiger partial charge in [0.2, 0.25) is 0 Å². The summed E-state index contributed by atoms with van der Waals surface area (Å²) in [6.07, 6.45) is 4.47. The molecule has 1 amide bonds. The number of rotatable bonds is 5. The zero-order chi connectivity index (χ0) is 23.7. The molecule has 0 aliphatic heterocycles. The Labute approximate surface area is 207 Å². The van der Waals surface area contributed by atoms with Gasteiger partial charge in [-0.05, 0) is 61.9 Å². The number of carbonyl (C=O) groups excluding carboxylic acids is 1. The van der Waals surface area contributed by atoms with E-state index >= 15 is 0 Å². The van der Waals surface area contributed by atoms with Crippen molar-refractivity contribution in [3.63, 3.8) is 0 Å². The fourth-order valence-corrected chi connectivity index (χ4v) is 5.65. The summed E-state index contributed by atoms with van der Waals surface area (Å²) in [4.78, 5) is 23.6. The number of benzene rings is 2. The maximum atomic E-state index is 13.3. The molecule has 1 N–H and O–H groups in total. The molecule has 1 aliphatic rings. The molecule has 2 heterocycles. The third kappa shape index (κ3) is 4.56. The normalized spacial score (nSPS) is 15.0. The number of para-hydroxylation sites is 1. The monoisotopic (exact) mass is 489 g/mol. The molecule has 0 fully saturated rings. The largest absolute Gasteiger partial charge is 0.496 e. The van der Waals surface area contributed by atoms with Gasteiger partial charge in [0.25, 0.3) is 5.91 Å². The molecule has 5 nitrogen and oxygen atoms in total. The number of nitrogens with one attached hydrogen (secondary N) is 1. The molecule has 1 atom stereocenters. The first-order chi connectivity index (χ1) is 16.5. The fraction of sp³-hybridized carbons (Fsp3) is 0.222. The summed E-state index contributed by atoms with van der Waals surface area (Å²) in [6, 6.07) is 17.7. The predicted molar refractivity (Wildman–Crippen MR) is 137 cm³/mol. The summed E-state index contributed by atoms with van der Waals surface area (Å²) in [5, 5.41) is 4.39. The third-order valence-electron chi connectivity index (χ3n) is 6.18. The van der Waals surface area contributed by atoms with Crippen molar-refractivity contribution in [2.45, 2.75) is 32.1 Å². The van der Waals surface area contributed by atoms with Crippen LogP contribution in [-0.4, -0.2) is 23.0 Å². The molecule has 0 saturated heterocycles. The Hall–Kier alpha value is -3.22. The zero-order valence-corrected chi connectivity index (χ0v) is 20.5. The van der Waals surface area contributed by atoms with Gasteiger partial charge in [-0.1, -0.05) is 41.9 Å². The van der Waals surface area contributed by atoms with Gasteiger partial charge in [0, 0.05) is 32.9 Å². The number of aryl methyl sites for hydroxylation is 2. The number of amides is 1. The topological polar surface area (TPSA) is 64.1 Å². The second kappa shape index (κ2) is 9.57. The SMILES string of the molecule is COc1ccccc1-c1cc(C)ncc1C(=O)Nc1nc2c(s1)C[C@@H](c1ccc(Cl)cc1)CC2. The van der Waals surface area contributed by atoms with Crippen molar-refractivity contribution in [2.24, 2.45) is 0 Å². The van der Waals surface area contributed by atoms with E-state index in [1.54, 1.807) is 24.6 Å². The average Bonchev–Trinajstić information content (AvgIpc) is 3.25. The highest BCUT2D eigenvalue weighted by Gasteiger charge is 2.25. The average molecular weight is 490 g/mol. The van der Waals surface area contributed by atoms with Gasteiger partial charge in [-0.3, -0.25) is 15.1 Å². The second-order valence-electron chi connectivity index (χ2n) is 8.41. The van der Waals surface area contributed by atoms with Gasteiger partial charge in [-0.25, -0.2) is 4.98 Å². The van der Waals surface area contributed by atoms with E-state index in [1.807, 2.05) is 49.4 Å². The highest BCUT2D eigenvalue weighted by atomic mass is 35.5. The minimum absolute atomic E-state index is 0.228. The lowest BCUT2D eigenvalue weighted by Gasteiger charge is -2.21. The van der Waals surface area contributed by atoms with Crippen LogP contribution in [0.5, 0.6) is 5.75 Å². The van der Waals surface area contributed by atoms with Crippen LogP contribution in [0.25, 0.3) is 11.1 Å². The number of hydrogen-bond donors (Lipinski definition) is 1. The van der Waals surface area contributed by atoms with Crippen LogP contribution in [0.15, 0.2) is 60.8 Å². The van der Waals surface area contributed by atoms with E-state index in [9.17, 15) is 4.79 Å². The summed E-state index contributed by atoms with van der Waals surface area (Å²) in [7, 11) is 1.63. The molecule has 172 valence electrons. The van der Waals surface area contributed by atoms with Crippen LogP contribution < -0.4 is 10.1 Å². The number of fused-ring (bicyclic) bond motifs is 1. The third-order valence-corrected chi connectivity index (χ3v) is 7.47. The Morgan fingerprint density at radius 2 is 1.94 bits per heavy atom. The highest BCUT2D eigenvalue weighted by molar-refractivity contribution is 7.15. The van der Waals surface area contributed by atoms with Crippen LogP contribution in [0.1, 0.15) is 44.5 Å². The Bertz CT molecular complexity index is 1350. The molecule has 2 aromatic carbocycles. The van der Waals surface area contributed by atoms with Crippen molar-refractivity contribution in [1.29, 1.82) is 0 Å². The zero-order valence-electron chi connectivity index (χ0n) is 19.0. The second-order valence-corrected chi connectivity index (χ2v) is 9.93. The molecule has 0 spiro atoms. The Kier molecular flexibility index (Phi) is 6.35. The maximum absolute atomic E-state index is 13.3. The van der Waals surface area contributed by atoms with Gasteiger partial charge in [0.05, 0.1) is 18.4 Å². The van der Waals surface area contributed by atoms with Crippen molar-refractivity contribution >= 4 is 34.0 Å². The smallest absolute Gasteiger partial charge is 0.259 e. The van der Waals surface area contributed by atoms with Gasteiger partial charge >= 0.3 is 0 Å². The Balaban J connectivity index is 1.39. The van der Waals surface area contributed by atoms with Crippen molar-refractivity contribution in [2.75, 3.05) is 12.4 Å². The van der Waals surface area contributed by atoms with Crippen molar-refractivity contribution in [3.05, 3.63) is 93.2 Å². The molecule has 4 aromatic rings. The molecule has 0 bridgehead atoms. The summed E-state index contributed by atoms with van der Waals surface area (Å²) < 4.78 is 5.53. The van der Waals surface area contributed by atoms with Crippen molar-refractivity contribution in [1.82, 2.24) is 9.97 Å².